The van der Waals surface area contributed by atoms with E-state index in [1.54, 1.807) is 36.5 Å². The third kappa shape index (κ3) is 4.04. The van der Waals surface area contributed by atoms with Crippen LogP contribution in [0.15, 0.2) is 48.7 Å². The molecule has 0 unspecified atom stereocenters. The first-order valence-corrected chi connectivity index (χ1v) is 9.10. The van der Waals surface area contributed by atoms with Crippen LogP contribution in [0.4, 0.5) is 5.69 Å². The minimum absolute atomic E-state index is 0.139. The normalized spacial score (nSPS) is 12.5. The van der Waals surface area contributed by atoms with Crippen molar-refractivity contribution < 1.29 is 19.0 Å². The first-order chi connectivity index (χ1) is 13.6. The molecule has 3 aromatic rings. The fourth-order valence-electron chi connectivity index (χ4n) is 2.73. The summed E-state index contributed by atoms with van der Waals surface area (Å²) in [6, 6.07) is 12.4. The number of hydrogen-bond donors (Lipinski definition) is 1. The van der Waals surface area contributed by atoms with Gasteiger partial charge < -0.3 is 19.5 Å². The lowest BCUT2D eigenvalue weighted by atomic mass is 10.2. The summed E-state index contributed by atoms with van der Waals surface area (Å²) < 4.78 is 18.2. The molecule has 0 saturated carbocycles. The van der Waals surface area contributed by atoms with Crippen LogP contribution in [0, 0.1) is 6.92 Å². The highest BCUT2D eigenvalue weighted by Gasteiger charge is 2.15. The Balaban J connectivity index is 1.39. The standard InChI is InChI=1S/C20H18ClN3O4/c1-13-2-4-15(21)18(10-13)28-12-24-7-6-16(23-24)20(25)22-14-3-5-17-19(11-14)27-9-8-26-17/h2-7,10-11H,8-9,12H2,1H3,(H,22,25). The molecule has 0 radical (unpaired) electrons. The lowest BCUT2D eigenvalue weighted by molar-refractivity contribution is 0.102. The number of benzene rings is 2. The van der Waals surface area contributed by atoms with E-state index in [0.29, 0.717) is 41.2 Å². The van der Waals surface area contributed by atoms with Gasteiger partial charge in [0, 0.05) is 18.0 Å². The summed E-state index contributed by atoms with van der Waals surface area (Å²) in [5.74, 6) is 1.52. The van der Waals surface area contributed by atoms with Gasteiger partial charge in [0.15, 0.2) is 23.9 Å². The molecule has 28 heavy (non-hydrogen) atoms. The molecule has 144 valence electrons. The van der Waals surface area contributed by atoms with Crippen molar-refractivity contribution in [2.75, 3.05) is 18.5 Å². The molecule has 0 fully saturated rings. The van der Waals surface area contributed by atoms with Crippen molar-refractivity contribution in [3.05, 3.63) is 64.9 Å². The molecule has 7 nitrogen and oxygen atoms in total. The molecule has 1 aromatic heterocycles. The van der Waals surface area contributed by atoms with E-state index in [2.05, 4.69) is 10.4 Å². The minimum atomic E-state index is -0.330. The molecule has 2 heterocycles. The van der Waals surface area contributed by atoms with Crippen LogP contribution in [0.25, 0.3) is 0 Å². The average molecular weight is 400 g/mol. The SMILES string of the molecule is Cc1ccc(Cl)c(OCn2ccc(C(=O)Nc3ccc4c(c3)OCCO4)n2)c1. The molecule has 0 spiro atoms. The monoisotopic (exact) mass is 399 g/mol. The molecule has 0 aliphatic carbocycles. The Labute approximate surface area is 166 Å². The topological polar surface area (TPSA) is 74.6 Å². The second kappa shape index (κ2) is 7.82. The Morgan fingerprint density at radius 3 is 2.86 bits per heavy atom. The van der Waals surface area contributed by atoms with E-state index < -0.39 is 0 Å². The van der Waals surface area contributed by atoms with E-state index in [1.165, 1.54) is 4.68 Å². The summed E-state index contributed by atoms with van der Waals surface area (Å²) in [4.78, 5) is 12.4. The Hall–Kier alpha value is -3.19. The fourth-order valence-corrected chi connectivity index (χ4v) is 2.90. The first kappa shape index (κ1) is 18.2. The molecule has 1 amide bonds. The fraction of sp³-hybridized carbons (Fsp3) is 0.200. The zero-order chi connectivity index (χ0) is 19.5. The quantitative estimate of drug-likeness (QED) is 0.704. The van der Waals surface area contributed by atoms with Gasteiger partial charge in [-0.15, -0.1) is 0 Å². The van der Waals surface area contributed by atoms with Crippen molar-refractivity contribution in [3.8, 4) is 17.2 Å². The van der Waals surface area contributed by atoms with Crippen molar-refractivity contribution in [1.82, 2.24) is 9.78 Å². The molecule has 2 aromatic carbocycles. The number of aromatic nitrogens is 2. The largest absolute Gasteiger partial charge is 0.486 e. The molecule has 0 atom stereocenters. The molecule has 1 N–H and O–H groups in total. The third-order valence-electron chi connectivity index (χ3n) is 4.11. The van der Waals surface area contributed by atoms with Gasteiger partial charge in [-0.25, -0.2) is 4.68 Å². The van der Waals surface area contributed by atoms with Crippen LogP contribution in [-0.4, -0.2) is 28.9 Å². The number of aryl methyl sites for hydroxylation is 1. The number of hydrogen-bond acceptors (Lipinski definition) is 5. The van der Waals surface area contributed by atoms with E-state index in [0.717, 1.165) is 5.56 Å². The number of nitrogens with zero attached hydrogens (tertiary/aromatic N) is 2. The van der Waals surface area contributed by atoms with Crippen molar-refractivity contribution in [1.29, 1.82) is 0 Å². The number of carbonyl (C=O) groups is 1. The maximum atomic E-state index is 12.4. The van der Waals surface area contributed by atoms with Crippen molar-refractivity contribution >= 4 is 23.2 Å². The van der Waals surface area contributed by atoms with Gasteiger partial charge in [-0.3, -0.25) is 4.79 Å². The van der Waals surface area contributed by atoms with E-state index in [1.807, 2.05) is 19.1 Å². The van der Waals surface area contributed by atoms with Gasteiger partial charge in [0.1, 0.15) is 19.0 Å². The highest BCUT2D eigenvalue weighted by molar-refractivity contribution is 6.32. The predicted octanol–water partition coefficient (Wildman–Crippen LogP) is 3.90. The molecule has 4 rings (SSSR count). The highest BCUT2D eigenvalue weighted by Crippen LogP contribution is 2.32. The molecular formula is C20H18ClN3O4. The third-order valence-corrected chi connectivity index (χ3v) is 4.42. The summed E-state index contributed by atoms with van der Waals surface area (Å²) in [5.41, 5.74) is 1.92. The molecule has 1 aliphatic rings. The Morgan fingerprint density at radius 1 is 1.18 bits per heavy atom. The highest BCUT2D eigenvalue weighted by atomic mass is 35.5. The zero-order valence-corrected chi connectivity index (χ0v) is 15.9. The molecular weight excluding hydrogens is 382 g/mol. The van der Waals surface area contributed by atoms with Gasteiger partial charge in [0.25, 0.3) is 5.91 Å². The summed E-state index contributed by atoms with van der Waals surface area (Å²) in [7, 11) is 0. The van der Waals surface area contributed by atoms with Crippen molar-refractivity contribution in [2.24, 2.45) is 0 Å². The summed E-state index contributed by atoms with van der Waals surface area (Å²) in [6.07, 6.45) is 1.67. The number of nitrogens with one attached hydrogen (secondary N) is 1. The Kier molecular flexibility index (Phi) is 5.08. The summed E-state index contributed by atoms with van der Waals surface area (Å²) in [5, 5.41) is 7.56. The van der Waals surface area contributed by atoms with Gasteiger partial charge in [0.2, 0.25) is 0 Å². The lowest BCUT2D eigenvalue weighted by Gasteiger charge is -2.18. The number of ether oxygens (including phenoxy) is 3. The Bertz CT molecular complexity index is 1020. The van der Waals surface area contributed by atoms with E-state index in [9.17, 15) is 4.79 Å². The minimum Gasteiger partial charge on any atom is -0.486 e. The average Bonchev–Trinajstić information content (AvgIpc) is 3.18. The van der Waals surface area contributed by atoms with E-state index >= 15 is 0 Å². The van der Waals surface area contributed by atoms with Crippen LogP contribution in [0.1, 0.15) is 16.1 Å². The van der Waals surface area contributed by atoms with Gasteiger partial charge >= 0.3 is 0 Å². The maximum absolute atomic E-state index is 12.4. The molecule has 0 bridgehead atoms. The lowest BCUT2D eigenvalue weighted by Crippen LogP contribution is -2.17. The van der Waals surface area contributed by atoms with E-state index in [-0.39, 0.29) is 18.3 Å². The summed E-state index contributed by atoms with van der Waals surface area (Å²) in [6.45, 7) is 3.10. The van der Waals surface area contributed by atoms with Gasteiger partial charge in [-0.05, 0) is 42.8 Å². The number of halogens is 1. The van der Waals surface area contributed by atoms with Crippen LogP contribution in [0.2, 0.25) is 5.02 Å². The van der Waals surface area contributed by atoms with Crippen LogP contribution in [-0.2, 0) is 6.73 Å². The number of carbonyl (C=O) groups excluding carboxylic acids is 1. The number of fused-ring (bicyclic) bond motifs is 1. The first-order valence-electron chi connectivity index (χ1n) is 8.72. The van der Waals surface area contributed by atoms with Crippen LogP contribution < -0.4 is 19.5 Å². The van der Waals surface area contributed by atoms with Gasteiger partial charge in [-0.2, -0.15) is 5.10 Å². The second-order valence-electron chi connectivity index (χ2n) is 6.26. The zero-order valence-electron chi connectivity index (χ0n) is 15.1. The van der Waals surface area contributed by atoms with Gasteiger partial charge in [0.05, 0.1) is 5.02 Å². The van der Waals surface area contributed by atoms with Crippen LogP contribution in [0.5, 0.6) is 17.2 Å². The van der Waals surface area contributed by atoms with Crippen molar-refractivity contribution in [2.45, 2.75) is 13.7 Å². The van der Waals surface area contributed by atoms with Crippen molar-refractivity contribution in [3.63, 3.8) is 0 Å². The molecule has 0 saturated heterocycles. The summed E-state index contributed by atoms with van der Waals surface area (Å²) >= 11 is 6.12. The second-order valence-corrected chi connectivity index (χ2v) is 6.67. The smallest absolute Gasteiger partial charge is 0.276 e. The molecule has 1 aliphatic heterocycles. The Morgan fingerprint density at radius 2 is 2.00 bits per heavy atom. The van der Waals surface area contributed by atoms with Crippen LogP contribution in [0.3, 0.4) is 0 Å². The van der Waals surface area contributed by atoms with E-state index in [4.69, 9.17) is 25.8 Å². The number of anilines is 1. The van der Waals surface area contributed by atoms with Crippen LogP contribution >= 0.6 is 11.6 Å². The maximum Gasteiger partial charge on any atom is 0.276 e. The number of rotatable bonds is 5. The molecule has 8 heteroatoms. The predicted molar refractivity (Wildman–Crippen MR) is 104 cm³/mol. The van der Waals surface area contributed by atoms with Gasteiger partial charge in [-0.1, -0.05) is 17.7 Å². The number of amides is 1.